The molecule has 6 heteroatoms. The molecule has 2 heterocycles. The van der Waals surface area contributed by atoms with Crippen molar-refractivity contribution in [3.63, 3.8) is 0 Å². The number of carbonyl (C=O) groups excluding carboxylic acids is 1. The van der Waals surface area contributed by atoms with Crippen LogP contribution in [0.5, 0.6) is 0 Å². The Morgan fingerprint density at radius 2 is 2.29 bits per heavy atom. The van der Waals surface area contributed by atoms with E-state index >= 15 is 0 Å². The smallest absolute Gasteiger partial charge is 0.230 e. The lowest BCUT2D eigenvalue weighted by atomic mass is 10.0. The summed E-state index contributed by atoms with van der Waals surface area (Å²) in [5.74, 6) is 1.32. The molecule has 5 nitrogen and oxygen atoms in total. The zero-order chi connectivity index (χ0) is 14.8. The van der Waals surface area contributed by atoms with Gasteiger partial charge in [0.05, 0.1) is 12.5 Å². The number of aromatic nitrogens is 3. The number of rotatable bonds is 3. The largest absolute Gasteiger partial charge is 0.335 e. The maximum Gasteiger partial charge on any atom is 0.230 e. The number of carbonyl (C=O) groups is 1. The highest BCUT2D eigenvalue weighted by atomic mass is 35.5. The Labute approximate surface area is 128 Å². The van der Waals surface area contributed by atoms with Gasteiger partial charge in [-0.15, -0.1) is 0 Å². The summed E-state index contributed by atoms with van der Waals surface area (Å²) in [5.41, 5.74) is 1.02. The highest BCUT2D eigenvalue weighted by Crippen LogP contribution is 2.35. The first-order valence-electron chi connectivity index (χ1n) is 7.07. The summed E-state index contributed by atoms with van der Waals surface area (Å²) in [6.45, 7) is 2.58. The van der Waals surface area contributed by atoms with Crippen molar-refractivity contribution in [2.75, 3.05) is 6.54 Å². The van der Waals surface area contributed by atoms with Crippen LogP contribution < -0.4 is 0 Å². The van der Waals surface area contributed by atoms with Gasteiger partial charge in [-0.3, -0.25) is 9.89 Å². The normalized spacial score (nSPS) is 18.2. The van der Waals surface area contributed by atoms with E-state index in [4.69, 9.17) is 11.6 Å². The summed E-state index contributed by atoms with van der Waals surface area (Å²) in [7, 11) is 0. The predicted molar refractivity (Wildman–Crippen MR) is 80.0 cm³/mol. The number of hydrogen-bond acceptors (Lipinski definition) is 3. The molecule has 3 rings (SSSR count). The molecule has 1 atom stereocenters. The molecule has 0 bridgehead atoms. The molecule has 1 N–H and O–H groups in total. The number of benzene rings is 1. The quantitative estimate of drug-likeness (QED) is 0.948. The molecule has 2 aromatic rings. The fourth-order valence-corrected chi connectivity index (χ4v) is 3.10. The van der Waals surface area contributed by atoms with E-state index in [9.17, 15) is 4.79 Å². The van der Waals surface area contributed by atoms with Crippen LogP contribution in [0.4, 0.5) is 0 Å². The molecule has 1 saturated heterocycles. The van der Waals surface area contributed by atoms with Crippen LogP contribution in [0, 0.1) is 6.92 Å². The molecule has 110 valence electrons. The Balaban J connectivity index is 1.77. The zero-order valence-electron chi connectivity index (χ0n) is 11.8. The lowest BCUT2D eigenvalue weighted by molar-refractivity contribution is -0.131. The van der Waals surface area contributed by atoms with Crippen molar-refractivity contribution in [1.82, 2.24) is 20.1 Å². The van der Waals surface area contributed by atoms with E-state index in [0.29, 0.717) is 5.82 Å². The van der Waals surface area contributed by atoms with Crippen LogP contribution in [0.3, 0.4) is 0 Å². The number of aromatic amines is 1. The van der Waals surface area contributed by atoms with Gasteiger partial charge in [-0.1, -0.05) is 29.8 Å². The minimum Gasteiger partial charge on any atom is -0.335 e. The van der Waals surface area contributed by atoms with Crippen molar-refractivity contribution >= 4 is 17.5 Å². The average molecular weight is 305 g/mol. The Kier molecular flexibility index (Phi) is 3.92. The summed E-state index contributed by atoms with van der Waals surface area (Å²) < 4.78 is 0. The molecular formula is C15H17ClN4O. The number of halogens is 1. The number of likely N-dealkylation sites (tertiary alicyclic amines) is 1. The van der Waals surface area contributed by atoms with Crippen molar-refractivity contribution < 1.29 is 4.79 Å². The lowest BCUT2D eigenvalue weighted by Gasteiger charge is -2.25. The summed E-state index contributed by atoms with van der Waals surface area (Å²) in [6.07, 6.45) is 2.17. The third kappa shape index (κ3) is 2.93. The molecule has 1 unspecified atom stereocenters. The van der Waals surface area contributed by atoms with Gasteiger partial charge in [0.2, 0.25) is 5.91 Å². The molecule has 1 fully saturated rings. The first-order chi connectivity index (χ1) is 10.1. The topological polar surface area (TPSA) is 61.9 Å². The van der Waals surface area contributed by atoms with E-state index in [2.05, 4.69) is 15.2 Å². The molecule has 0 radical (unpaired) electrons. The van der Waals surface area contributed by atoms with Crippen molar-refractivity contribution in [3.8, 4) is 0 Å². The van der Waals surface area contributed by atoms with Gasteiger partial charge >= 0.3 is 0 Å². The van der Waals surface area contributed by atoms with Gasteiger partial charge in [-0.05, 0) is 31.4 Å². The van der Waals surface area contributed by atoms with Gasteiger partial charge in [-0.25, -0.2) is 4.98 Å². The monoisotopic (exact) mass is 304 g/mol. The number of H-pyrrole nitrogens is 1. The van der Waals surface area contributed by atoms with Gasteiger partial charge < -0.3 is 4.90 Å². The minimum atomic E-state index is 0.0522. The van der Waals surface area contributed by atoms with Crippen LogP contribution >= 0.6 is 11.6 Å². The van der Waals surface area contributed by atoms with Crippen molar-refractivity contribution in [3.05, 3.63) is 46.5 Å². The number of aryl methyl sites for hydroxylation is 1. The summed E-state index contributed by atoms with van der Waals surface area (Å²) in [5, 5.41) is 7.51. The van der Waals surface area contributed by atoms with Crippen LogP contribution in [0.25, 0.3) is 0 Å². The van der Waals surface area contributed by atoms with Gasteiger partial charge in [0.1, 0.15) is 5.82 Å². The van der Waals surface area contributed by atoms with Crippen molar-refractivity contribution in [2.24, 2.45) is 0 Å². The number of hydrogen-bond donors (Lipinski definition) is 1. The fraction of sp³-hybridized carbons (Fsp3) is 0.400. The minimum absolute atomic E-state index is 0.0522. The maximum atomic E-state index is 12.5. The number of amides is 1. The number of nitrogens with zero attached hydrogens (tertiary/aromatic N) is 3. The van der Waals surface area contributed by atoms with E-state index in [-0.39, 0.29) is 18.4 Å². The predicted octanol–water partition coefficient (Wildman–Crippen LogP) is 2.67. The standard InChI is InChI=1S/C15H17ClN4O/c1-10-17-14(19-18-10)9-15(21)20-8-4-7-13(20)11-5-2-3-6-12(11)16/h2-3,5-6,13H,4,7-9H2,1H3,(H,17,18,19). The van der Waals surface area contributed by atoms with E-state index in [0.717, 1.165) is 35.8 Å². The molecule has 1 amide bonds. The van der Waals surface area contributed by atoms with Gasteiger partial charge in [0.15, 0.2) is 5.82 Å². The zero-order valence-corrected chi connectivity index (χ0v) is 12.6. The lowest BCUT2D eigenvalue weighted by Crippen LogP contribution is -2.32. The van der Waals surface area contributed by atoms with Crippen molar-refractivity contribution in [1.29, 1.82) is 0 Å². The van der Waals surface area contributed by atoms with Gasteiger partial charge in [0.25, 0.3) is 0 Å². The molecular weight excluding hydrogens is 288 g/mol. The van der Waals surface area contributed by atoms with Crippen LogP contribution in [-0.4, -0.2) is 32.5 Å². The third-order valence-electron chi connectivity index (χ3n) is 3.79. The van der Waals surface area contributed by atoms with Crippen LogP contribution in [0.1, 0.15) is 36.1 Å². The molecule has 1 aromatic heterocycles. The molecule has 1 aliphatic heterocycles. The fourth-order valence-electron chi connectivity index (χ4n) is 2.84. The first kappa shape index (κ1) is 14.1. The highest BCUT2D eigenvalue weighted by molar-refractivity contribution is 6.31. The Morgan fingerprint density at radius 1 is 1.48 bits per heavy atom. The average Bonchev–Trinajstić information content (AvgIpc) is 3.08. The van der Waals surface area contributed by atoms with Crippen LogP contribution in [0.15, 0.2) is 24.3 Å². The molecule has 1 aliphatic rings. The molecule has 0 aliphatic carbocycles. The summed E-state index contributed by atoms with van der Waals surface area (Å²) >= 11 is 6.27. The van der Waals surface area contributed by atoms with E-state index in [1.54, 1.807) is 0 Å². The second-order valence-corrected chi connectivity index (χ2v) is 5.69. The van der Waals surface area contributed by atoms with Crippen molar-refractivity contribution in [2.45, 2.75) is 32.2 Å². The van der Waals surface area contributed by atoms with E-state index < -0.39 is 0 Å². The molecule has 1 aromatic carbocycles. The Hall–Kier alpha value is -1.88. The van der Waals surface area contributed by atoms with E-state index in [1.807, 2.05) is 36.1 Å². The second-order valence-electron chi connectivity index (χ2n) is 5.28. The van der Waals surface area contributed by atoms with Crippen LogP contribution in [-0.2, 0) is 11.2 Å². The van der Waals surface area contributed by atoms with Gasteiger partial charge in [-0.2, -0.15) is 5.10 Å². The summed E-state index contributed by atoms with van der Waals surface area (Å²) in [6, 6.07) is 7.79. The molecule has 0 saturated carbocycles. The number of nitrogens with one attached hydrogen (secondary N) is 1. The highest BCUT2D eigenvalue weighted by Gasteiger charge is 2.31. The maximum absolute atomic E-state index is 12.5. The van der Waals surface area contributed by atoms with Gasteiger partial charge in [0, 0.05) is 11.6 Å². The summed E-state index contributed by atoms with van der Waals surface area (Å²) in [4.78, 5) is 18.6. The van der Waals surface area contributed by atoms with Crippen LogP contribution in [0.2, 0.25) is 5.02 Å². The SMILES string of the molecule is Cc1nc(CC(=O)N2CCCC2c2ccccc2Cl)n[nH]1. The third-order valence-corrected chi connectivity index (χ3v) is 4.13. The molecule has 21 heavy (non-hydrogen) atoms. The Bertz CT molecular complexity index is 655. The Morgan fingerprint density at radius 3 is 3.00 bits per heavy atom. The molecule has 0 spiro atoms. The van der Waals surface area contributed by atoms with E-state index in [1.165, 1.54) is 0 Å². The second kappa shape index (κ2) is 5.85. The first-order valence-corrected chi connectivity index (χ1v) is 7.44.